The molecule has 10 nitrogen and oxygen atoms in total. The van der Waals surface area contributed by atoms with Crippen molar-refractivity contribution in [1.82, 2.24) is 19.6 Å². The lowest BCUT2D eigenvalue weighted by Crippen LogP contribution is -2.42. The molecule has 0 saturated carbocycles. The first-order valence-electron chi connectivity index (χ1n) is 12.1. The summed E-state index contributed by atoms with van der Waals surface area (Å²) < 4.78 is 38.7. The summed E-state index contributed by atoms with van der Waals surface area (Å²) in [7, 11) is -3.64. The van der Waals surface area contributed by atoms with Crippen LogP contribution in [0.4, 0.5) is 0 Å². The SMILES string of the molecule is O=C(c1ccoc1)N1CCC[C@H](n2nc(C(=O)N3CCOCC3)c3c2-c2ccccc2S(=O)(=O)C3)C1. The van der Waals surface area contributed by atoms with Crippen LogP contribution < -0.4 is 0 Å². The number of furan rings is 1. The van der Waals surface area contributed by atoms with Gasteiger partial charge in [0.2, 0.25) is 0 Å². The number of amides is 2. The fourth-order valence-corrected chi connectivity index (χ4v) is 6.95. The van der Waals surface area contributed by atoms with Gasteiger partial charge in [0.05, 0.1) is 47.4 Å². The average molecular weight is 511 g/mol. The Kier molecular flexibility index (Phi) is 5.68. The Balaban J connectivity index is 1.44. The predicted octanol–water partition coefficient (Wildman–Crippen LogP) is 2.38. The molecule has 3 aliphatic heterocycles. The Morgan fingerprint density at radius 1 is 1.00 bits per heavy atom. The minimum absolute atomic E-state index is 0.123. The van der Waals surface area contributed by atoms with Gasteiger partial charge in [-0.3, -0.25) is 14.3 Å². The van der Waals surface area contributed by atoms with Crippen molar-refractivity contribution in [2.24, 2.45) is 0 Å². The lowest BCUT2D eigenvalue weighted by atomic mass is 10.0. The van der Waals surface area contributed by atoms with Crippen molar-refractivity contribution in [3.8, 4) is 11.3 Å². The molecule has 2 saturated heterocycles. The normalized spacial score (nSPS) is 21.1. The number of likely N-dealkylation sites (tertiary alicyclic amines) is 1. The van der Waals surface area contributed by atoms with Crippen LogP contribution >= 0.6 is 0 Å². The van der Waals surface area contributed by atoms with Gasteiger partial charge in [0, 0.05) is 37.3 Å². The summed E-state index contributed by atoms with van der Waals surface area (Å²) >= 11 is 0. The molecule has 3 aliphatic rings. The number of piperidine rings is 1. The van der Waals surface area contributed by atoms with Crippen molar-refractivity contribution in [3.05, 3.63) is 59.7 Å². The van der Waals surface area contributed by atoms with Crippen LogP contribution in [-0.4, -0.2) is 79.2 Å². The summed E-state index contributed by atoms with van der Waals surface area (Å²) in [5.41, 5.74) is 2.29. The second-order valence-corrected chi connectivity index (χ2v) is 11.3. The molecule has 2 fully saturated rings. The summed E-state index contributed by atoms with van der Waals surface area (Å²) in [5.74, 6) is -0.693. The van der Waals surface area contributed by atoms with Crippen LogP contribution in [0.25, 0.3) is 11.3 Å². The van der Waals surface area contributed by atoms with Gasteiger partial charge in [0.25, 0.3) is 11.8 Å². The fraction of sp³-hybridized carbons (Fsp3) is 0.400. The van der Waals surface area contributed by atoms with E-state index in [2.05, 4.69) is 0 Å². The molecule has 5 heterocycles. The molecule has 2 aromatic heterocycles. The molecule has 0 bridgehead atoms. The summed E-state index contributed by atoms with van der Waals surface area (Å²) in [5, 5.41) is 4.78. The quantitative estimate of drug-likeness (QED) is 0.531. The van der Waals surface area contributed by atoms with Crippen molar-refractivity contribution >= 4 is 21.7 Å². The van der Waals surface area contributed by atoms with E-state index < -0.39 is 9.84 Å². The van der Waals surface area contributed by atoms with Crippen LogP contribution in [0.3, 0.4) is 0 Å². The maximum absolute atomic E-state index is 13.5. The number of rotatable bonds is 3. The largest absolute Gasteiger partial charge is 0.472 e. The van der Waals surface area contributed by atoms with Gasteiger partial charge >= 0.3 is 0 Å². The standard InChI is InChI=1S/C25H26N4O6S/c30-24(17-7-11-35-15-17)28-8-3-4-18(14-28)29-23-19-5-1-2-6-21(19)36(32,33)16-20(23)22(26-29)25(31)27-9-12-34-13-10-27/h1-2,5-7,11,15,18H,3-4,8-10,12-14,16H2/t18-/m0/s1. The van der Waals surface area contributed by atoms with E-state index >= 15 is 0 Å². The molecule has 0 N–H and O–H groups in total. The number of hydrogen-bond acceptors (Lipinski definition) is 7. The molecule has 2 amide bonds. The molecule has 3 aromatic rings. The number of morpholine rings is 1. The second-order valence-electron chi connectivity index (χ2n) is 9.34. The van der Waals surface area contributed by atoms with E-state index in [9.17, 15) is 18.0 Å². The average Bonchev–Trinajstić information content (AvgIpc) is 3.57. The molecule has 0 unspecified atom stereocenters. The summed E-state index contributed by atoms with van der Waals surface area (Å²) in [6.07, 6.45) is 4.42. The van der Waals surface area contributed by atoms with E-state index in [0.717, 1.165) is 12.8 Å². The maximum Gasteiger partial charge on any atom is 0.274 e. The highest BCUT2D eigenvalue weighted by Gasteiger charge is 2.39. The van der Waals surface area contributed by atoms with Gasteiger partial charge < -0.3 is 19.0 Å². The third-order valence-corrected chi connectivity index (χ3v) is 8.81. The number of aromatic nitrogens is 2. The van der Waals surface area contributed by atoms with Crippen molar-refractivity contribution < 1.29 is 27.2 Å². The van der Waals surface area contributed by atoms with E-state index in [0.29, 0.717) is 61.8 Å². The third kappa shape index (κ3) is 3.82. The molecular formula is C25H26N4O6S. The Bertz CT molecular complexity index is 1420. The number of nitrogens with zero attached hydrogens (tertiary/aromatic N) is 4. The highest BCUT2D eigenvalue weighted by Crippen LogP contribution is 2.42. The van der Waals surface area contributed by atoms with Crippen molar-refractivity contribution in [1.29, 1.82) is 0 Å². The molecule has 0 spiro atoms. The topological polar surface area (TPSA) is 115 Å². The molecule has 1 atom stereocenters. The minimum Gasteiger partial charge on any atom is -0.472 e. The number of hydrogen-bond donors (Lipinski definition) is 0. The second kappa shape index (κ2) is 8.90. The van der Waals surface area contributed by atoms with Crippen molar-refractivity contribution in [3.63, 3.8) is 0 Å². The summed E-state index contributed by atoms with van der Waals surface area (Å²) in [6.45, 7) is 2.74. The maximum atomic E-state index is 13.5. The third-order valence-electron chi connectivity index (χ3n) is 7.12. The lowest BCUT2D eigenvalue weighted by Gasteiger charge is -2.34. The number of ether oxygens (including phenoxy) is 1. The highest BCUT2D eigenvalue weighted by molar-refractivity contribution is 7.90. The smallest absolute Gasteiger partial charge is 0.274 e. The zero-order chi connectivity index (χ0) is 24.9. The van der Waals surface area contributed by atoms with Gasteiger partial charge in [-0.15, -0.1) is 0 Å². The van der Waals surface area contributed by atoms with Gasteiger partial charge in [-0.1, -0.05) is 18.2 Å². The van der Waals surface area contributed by atoms with E-state index in [1.54, 1.807) is 44.8 Å². The van der Waals surface area contributed by atoms with Crippen LogP contribution in [0.5, 0.6) is 0 Å². The molecule has 11 heteroatoms. The van der Waals surface area contributed by atoms with Crippen molar-refractivity contribution in [2.45, 2.75) is 29.5 Å². The highest BCUT2D eigenvalue weighted by atomic mass is 32.2. The number of carbonyl (C=O) groups excluding carboxylic acids is 2. The minimum atomic E-state index is -3.64. The van der Waals surface area contributed by atoms with Gasteiger partial charge in [0.1, 0.15) is 6.26 Å². The van der Waals surface area contributed by atoms with Gasteiger partial charge in [0.15, 0.2) is 15.5 Å². The van der Waals surface area contributed by atoms with Crippen LogP contribution in [0.2, 0.25) is 0 Å². The van der Waals surface area contributed by atoms with Crippen LogP contribution in [0.1, 0.15) is 45.3 Å². The Labute approximate surface area is 208 Å². The van der Waals surface area contributed by atoms with Crippen LogP contribution in [0, 0.1) is 0 Å². The Morgan fingerprint density at radius 2 is 1.81 bits per heavy atom. The van der Waals surface area contributed by atoms with Crippen molar-refractivity contribution in [2.75, 3.05) is 39.4 Å². The van der Waals surface area contributed by atoms with Gasteiger partial charge in [-0.05, 0) is 25.0 Å². The zero-order valence-corrected chi connectivity index (χ0v) is 20.4. The number of carbonyl (C=O) groups is 2. The molecule has 6 rings (SSSR count). The first-order valence-corrected chi connectivity index (χ1v) is 13.7. The lowest BCUT2D eigenvalue weighted by molar-refractivity contribution is 0.0297. The molecule has 36 heavy (non-hydrogen) atoms. The summed E-state index contributed by atoms with van der Waals surface area (Å²) in [4.78, 5) is 30.2. The molecular weight excluding hydrogens is 484 g/mol. The number of sulfone groups is 1. The predicted molar refractivity (Wildman–Crippen MR) is 128 cm³/mol. The van der Waals surface area contributed by atoms with Gasteiger partial charge in [-0.25, -0.2) is 8.42 Å². The summed E-state index contributed by atoms with van der Waals surface area (Å²) in [6, 6.07) is 8.30. The van der Waals surface area contributed by atoms with Crippen LogP contribution in [0.15, 0.2) is 52.2 Å². The molecule has 0 radical (unpaired) electrons. The number of benzene rings is 1. The van der Waals surface area contributed by atoms with E-state index in [-0.39, 0.29) is 34.2 Å². The number of fused-ring (bicyclic) bond motifs is 3. The first-order chi connectivity index (χ1) is 17.4. The molecule has 0 aliphatic carbocycles. The van der Waals surface area contributed by atoms with Crippen LogP contribution in [-0.2, 0) is 20.3 Å². The Morgan fingerprint density at radius 3 is 2.58 bits per heavy atom. The first kappa shape index (κ1) is 23.0. The van der Waals surface area contributed by atoms with Gasteiger partial charge in [-0.2, -0.15) is 5.10 Å². The zero-order valence-electron chi connectivity index (χ0n) is 19.6. The molecule has 1 aromatic carbocycles. The van der Waals surface area contributed by atoms with E-state index in [4.69, 9.17) is 14.3 Å². The van der Waals surface area contributed by atoms with E-state index in [1.807, 2.05) is 0 Å². The molecule has 188 valence electrons. The van der Waals surface area contributed by atoms with E-state index in [1.165, 1.54) is 12.5 Å². The Hall–Kier alpha value is -3.44. The fourth-order valence-electron chi connectivity index (χ4n) is 5.35. The monoisotopic (exact) mass is 510 g/mol.